The van der Waals surface area contributed by atoms with Crippen molar-refractivity contribution < 1.29 is 4.21 Å². The van der Waals surface area contributed by atoms with E-state index in [1.165, 1.54) is 0 Å². The van der Waals surface area contributed by atoms with Gasteiger partial charge in [0.2, 0.25) is 0 Å². The molecular weight excluding hydrogens is 206 g/mol. The first-order chi connectivity index (χ1) is 7.27. The largest absolute Gasteiger partial charge is 0.265 e. The second kappa shape index (κ2) is 4.36. The number of aromatic nitrogens is 1. The number of benzene rings is 1. The summed E-state index contributed by atoms with van der Waals surface area (Å²) in [5.74, 6) is 0. The van der Waals surface area contributed by atoms with Crippen molar-refractivity contribution in [3.05, 3.63) is 48.8 Å². The third-order valence-corrected chi connectivity index (χ3v) is 3.10. The van der Waals surface area contributed by atoms with E-state index in [0.29, 0.717) is 0 Å². The molecule has 0 aliphatic carbocycles. The van der Waals surface area contributed by atoms with E-state index in [-0.39, 0.29) is 0 Å². The second-order valence-electron chi connectivity index (χ2n) is 3.22. The van der Waals surface area contributed by atoms with Crippen LogP contribution < -0.4 is 0 Å². The quantitative estimate of drug-likeness (QED) is 0.773. The molecule has 0 N–H and O–H groups in total. The van der Waals surface area contributed by atoms with E-state index in [0.717, 1.165) is 16.0 Å². The van der Waals surface area contributed by atoms with Crippen molar-refractivity contribution in [2.45, 2.75) is 4.90 Å². The van der Waals surface area contributed by atoms with E-state index in [1.54, 1.807) is 18.6 Å². The van der Waals surface area contributed by atoms with Crippen LogP contribution in [0, 0.1) is 0 Å². The fourth-order valence-electron chi connectivity index (χ4n) is 1.40. The lowest BCUT2D eigenvalue weighted by atomic mass is 10.1. The van der Waals surface area contributed by atoms with E-state index >= 15 is 0 Å². The van der Waals surface area contributed by atoms with Gasteiger partial charge in [-0.05, 0) is 35.4 Å². The third kappa shape index (κ3) is 2.30. The zero-order chi connectivity index (χ0) is 10.7. The molecule has 0 spiro atoms. The highest BCUT2D eigenvalue weighted by molar-refractivity contribution is 7.84. The maximum atomic E-state index is 11.3. The lowest BCUT2D eigenvalue weighted by Gasteiger charge is -2.02. The topological polar surface area (TPSA) is 30.0 Å². The summed E-state index contributed by atoms with van der Waals surface area (Å²) in [7, 11) is -0.929. The summed E-state index contributed by atoms with van der Waals surface area (Å²) in [5.41, 5.74) is 2.17. The van der Waals surface area contributed by atoms with Gasteiger partial charge in [-0.25, -0.2) is 0 Å². The highest BCUT2D eigenvalue weighted by atomic mass is 32.2. The van der Waals surface area contributed by atoms with E-state index in [9.17, 15) is 4.21 Å². The Labute approximate surface area is 91.4 Å². The lowest BCUT2D eigenvalue weighted by molar-refractivity contribution is 0.687. The first kappa shape index (κ1) is 10.1. The average molecular weight is 217 g/mol. The highest BCUT2D eigenvalue weighted by Crippen LogP contribution is 2.20. The van der Waals surface area contributed by atoms with Crippen molar-refractivity contribution in [1.29, 1.82) is 0 Å². The summed E-state index contributed by atoms with van der Waals surface area (Å²) in [6.45, 7) is 0. The maximum Gasteiger partial charge on any atom is 0.0498 e. The van der Waals surface area contributed by atoms with Crippen LogP contribution in [0.25, 0.3) is 11.1 Å². The van der Waals surface area contributed by atoms with Gasteiger partial charge in [-0.15, -0.1) is 0 Å². The van der Waals surface area contributed by atoms with Gasteiger partial charge in [0, 0.05) is 34.3 Å². The Morgan fingerprint density at radius 2 is 1.80 bits per heavy atom. The molecule has 2 nitrogen and oxygen atoms in total. The molecule has 0 saturated carbocycles. The Bertz CT molecular complexity index is 482. The zero-order valence-electron chi connectivity index (χ0n) is 8.38. The van der Waals surface area contributed by atoms with E-state index in [1.807, 2.05) is 36.4 Å². The van der Waals surface area contributed by atoms with Gasteiger partial charge in [-0.3, -0.25) is 9.19 Å². The molecule has 15 heavy (non-hydrogen) atoms. The summed E-state index contributed by atoms with van der Waals surface area (Å²) >= 11 is 0. The molecule has 2 aromatic rings. The van der Waals surface area contributed by atoms with Crippen LogP contribution in [0.4, 0.5) is 0 Å². The second-order valence-corrected chi connectivity index (χ2v) is 4.60. The monoisotopic (exact) mass is 217 g/mol. The Hall–Kier alpha value is -1.48. The van der Waals surface area contributed by atoms with Crippen LogP contribution in [0.2, 0.25) is 0 Å². The molecule has 0 aliphatic rings. The Morgan fingerprint density at radius 1 is 1.07 bits per heavy atom. The lowest BCUT2D eigenvalue weighted by Crippen LogP contribution is -1.87. The first-order valence-electron chi connectivity index (χ1n) is 4.61. The molecule has 1 aromatic heterocycles. The predicted molar refractivity (Wildman–Crippen MR) is 62.0 cm³/mol. The number of rotatable bonds is 2. The molecule has 0 amide bonds. The van der Waals surface area contributed by atoms with Gasteiger partial charge in [0.05, 0.1) is 0 Å². The SMILES string of the molecule is CS(=O)c1cccc(-c2ccncc2)c1. The minimum atomic E-state index is -0.929. The van der Waals surface area contributed by atoms with Gasteiger partial charge >= 0.3 is 0 Å². The van der Waals surface area contributed by atoms with Gasteiger partial charge in [-0.1, -0.05) is 12.1 Å². The molecule has 1 unspecified atom stereocenters. The normalized spacial score (nSPS) is 12.3. The summed E-state index contributed by atoms with van der Waals surface area (Å²) in [6, 6.07) is 11.6. The fourth-order valence-corrected chi connectivity index (χ4v) is 1.96. The van der Waals surface area contributed by atoms with Crippen molar-refractivity contribution in [3.63, 3.8) is 0 Å². The number of hydrogen-bond donors (Lipinski definition) is 0. The maximum absolute atomic E-state index is 11.3. The number of pyridine rings is 1. The van der Waals surface area contributed by atoms with Crippen LogP contribution >= 0.6 is 0 Å². The minimum absolute atomic E-state index is 0.851. The van der Waals surface area contributed by atoms with E-state index in [4.69, 9.17) is 0 Å². The van der Waals surface area contributed by atoms with Crippen molar-refractivity contribution in [1.82, 2.24) is 4.98 Å². The molecule has 1 atom stereocenters. The molecule has 0 saturated heterocycles. The van der Waals surface area contributed by atoms with Crippen molar-refractivity contribution in [2.75, 3.05) is 6.26 Å². The Kier molecular flexibility index (Phi) is 2.92. The Balaban J connectivity index is 2.46. The van der Waals surface area contributed by atoms with Crippen molar-refractivity contribution in [3.8, 4) is 11.1 Å². The Morgan fingerprint density at radius 3 is 2.47 bits per heavy atom. The number of nitrogens with zero attached hydrogens (tertiary/aromatic N) is 1. The molecule has 0 fully saturated rings. The van der Waals surface area contributed by atoms with Gasteiger partial charge in [-0.2, -0.15) is 0 Å². The molecule has 3 heteroatoms. The van der Waals surface area contributed by atoms with Crippen LogP contribution in [0.15, 0.2) is 53.7 Å². The van der Waals surface area contributed by atoms with E-state index in [2.05, 4.69) is 4.98 Å². The first-order valence-corrected chi connectivity index (χ1v) is 6.17. The molecule has 0 bridgehead atoms. The van der Waals surface area contributed by atoms with Crippen LogP contribution in [0.5, 0.6) is 0 Å². The molecule has 2 rings (SSSR count). The summed E-state index contributed by atoms with van der Waals surface area (Å²) in [6.07, 6.45) is 5.20. The standard InChI is InChI=1S/C12H11NOS/c1-15(14)12-4-2-3-11(9-12)10-5-7-13-8-6-10/h2-9H,1H3. The zero-order valence-corrected chi connectivity index (χ0v) is 9.20. The summed E-state index contributed by atoms with van der Waals surface area (Å²) in [4.78, 5) is 4.82. The molecule has 0 aliphatic heterocycles. The van der Waals surface area contributed by atoms with Gasteiger partial charge in [0.1, 0.15) is 0 Å². The molecule has 0 radical (unpaired) electrons. The highest BCUT2D eigenvalue weighted by Gasteiger charge is 2.00. The smallest absolute Gasteiger partial charge is 0.0498 e. The van der Waals surface area contributed by atoms with Crippen molar-refractivity contribution >= 4 is 10.8 Å². The van der Waals surface area contributed by atoms with Gasteiger partial charge in [0.15, 0.2) is 0 Å². The molecule has 1 aromatic carbocycles. The predicted octanol–water partition coefficient (Wildman–Crippen LogP) is 2.49. The summed E-state index contributed by atoms with van der Waals surface area (Å²) < 4.78 is 11.3. The average Bonchev–Trinajstić information content (AvgIpc) is 2.30. The minimum Gasteiger partial charge on any atom is -0.265 e. The number of hydrogen-bond acceptors (Lipinski definition) is 2. The van der Waals surface area contributed by atoms with Crippen LogP contribution in [0.1, 0.15) is 0 Å². The van der Waals surface area contributed by atoms with Gasteiger partial charge in [0.25, 0.3) is 0 Å². The fraction of sp³-hybridized carbons (Fsp3) is 0.0833. The van der Waals surface area contributed by atoms with Crippen LogP contribution in [-0.4, -0.2) is 15.4 Å². The molecular formula is C12H11NOS. The third-order valence-electron chi connectivity index (χ3n) is 2.18. The van der Waals surface area contributed by atoms with Crippen LogP contribution in [0.3, 0.4) is 0 Å². The molecule has 1 heterocycles. The molecule has 76 valence electrons. The summed E-state index contributed by atoms with van der Waals surface area (Å²) in [5, 5.41) is 0. The van der Waals surface area contributed by atoms with Crippen molar-refractivity contribution in [2.24, 2.45) is 0 Å². The van der Waals surface area contributed by atoms with Crippen LogP contribution in [-0.2, 0) is 10.8 Å². The van der Waals surface area contributed by atoms with Gasteiger partial charge < -0.3 is 0 Å². The van der Waals surface area contributed by atoms with E-state index < -0.39 is 10.8 Å².